The number of amides is 1. The number of carbonyl (C=O) groups excluding carboxylic acids is 1. The average Bonchev–Trinajstić information content (AvgIpc) is 2.42. The molecule has 1 aliphatic rings. The predicted molar refractivity (Wildman–Crippen MR) is 75.0 cm³/mol. The number of hydrogen-bond donors (Lipinski definition) is 2. The number of nitrogens with one attached hydrogen (secondary N) is 1. The standard InChI is InChI=1S/C15H19F3N2O2/c1-22-9-12(19)13(21)20-14(6-3-7-14)10-4-2-5-11(8-10)15(16,17)18/h2,4-5,8,12H,3,6-7,9,19H2,1H3,(H,20,21). The number of halogens is 3. The van der Waals surface area contributed by atoms with Gasteiger partial charge in [0.2, 0.25) is 5.91 Å². The number of rotatable bonds is 5. The zero-order valence-electron chi connectivity index (χ0n) is 12.2. The van der Waals surface area contributed by atoms with Crippen molar-refractivity contribution in [3.05, 3.63) is 35.4 Å². The summed E-state index contributed by atoms with van der Waals surface area (Å²) in [7, 11) is 1.43. The number of alkyl halides is 3. The van der Waals surface area contributed by atoms with Gasteiger partial charge in [-0.3, -0.25) is 4.79 Å². The first-order valence-corrected chi connectivity index (χ1v) is 7.03. The summed E-state index contributed by atoms with van der Waals surface area (Å²) in [6.45, 7) is 0.0600. The van der Waals surface area contributed by atoms with Crippen LogP contribution in [-0.4, -0.2) is 25.7 Å². The monoisotopic (exact) mass is 316 g/mol. The summed E-state index contributed by atoms with van der Waals surface area (Å²) in [6, 6.07) is 4.25. The summed E-state index contributed by atoms with van der Waals surface area (Å²) in [6.07, 6.45) is -2.37. The maximum atomic E-state index is 12.8. The molecule has 1 atom stereocenters. The Labute approximate surface area is 126 Å². The molecule has 3 N–H and O–H groups in total. The molecule has 122 valence electrons. The molecule has 7 heteroatoms. The molecule has 22 heavy (non-hydrogen) atoms. The van der Waals surface area contributed by atoms with E-state index in [1.165, 1.54) is 13.2 Å². The second kappa shape index (κ2) is 6.26. The third kappa shape index (κ3) is 3.41. The van der Waals surface area contributed by atoms with Crippen LogP contribution in [0.2, 0.25) is 0 Å². The highest BCUT2D eigenvalue weighted by molar-refractivity contribution is 5.82. The predicted octanol–water partition coefficient (Wildman–Crippen LogP) is 2.17. The summed E-state index contributed by atoms with van der Waals surface area (Å²) in [5, 5.41) is 2.80. The molecule has 0 aromatic heterocycles. The van der Waals surface area contributed by atoms with Gasteiger partial charge in [-0.2, -0.15) is 13.2 Å². The largest absolute Gasteiger partial charge is 0.416 e. The van der Waals surface area contributed by atoms with Gasteiger partial charge in [0, 0.05) is 7.11 Å². The van der Waals surface area contributed by atoms with Crippen molar-refractivity contribution in [2.45, 2.75) is 37.0 Å². The minimum absolute atomic E-state index is 0.0600. The van der Waals surface area contributed by atoms with Gasteiger partial charge in [-0.05, 0) is 37.0 Å². The van der Waals surface area contributed by atoms with Gasteiger partial charge in [-0.1, -0.05) is 12.1 Å². The lowest BCUT2D eigenvalue weighted by atomic mass is 9.71. The molecule has 0 radical (unpaired) electrons. The van der Waals surface area contributed by atoms with E-state index in [1.54, 1.807) is 6.07 Å². The second-order valence-corrected chi connectivity index (χ2v) is 5.57. The molecular formula is C15H19F3N2O2. The van der Waals surface area contributed by atoms with Gasteiger partial charge in [-0.25, -0.2) is 0 Å². The number of benzene rings is 1. The minimum atomic E-state index is -4.41. The highest BCUT2D eigenvalue weighted by atomic mass is 19.4. The normalized spacial score (nSPS) is 18.4. The molecule has 1 saturated carbocycles. The fraction of sp³-hybridized carbons (Fsp3) is 0.533. The summed E-state index contributed by atoms with van der Waals surface area (Å²) in [5.74, 6) is -0.418. The van der Waals surface area contributed by atoms with Crippen LogP contribution in [0.5, 0.6) is 0 Å². The Morgan fingerprint density at radius 1 is 1.45 bits per heavy atom. The smallest absolute Gasteiger partial charge is 0.383 e. The van der Waals surface area contributed by atoms with E-state index in [0.717, 1.165) is 18.6 Å². The van der Waals surface area contributed by atoms with Crippen LogP contribution < -0.4 is 11.1 Å². The first-order chi connectivity index (χ1) is 10.3. The quantitative estimate of drug-likeness (QED) is 0.875. The van der Waals surface area contributed by atoms with E-state index >= 15 is 0 Å². The van der Waals surface area contributed by atoms with Crippen LogP contribution in [0, 0.1) is 0 Å². The van der Waals surface area contributed by atoms with E-state index in [0.29, 0.717) is 18.4 Å². The second-order valence-electron chi connectivity index (χ2n) is 5.57. The topological polar surface area (TPSA) is 64.3 Å². The summed E-state index contributed by atoms with van der Waals surface area (Å²) in [5.41, 5.74) is 4.66. The van der Waals surface area contributed by atoms with Crippen molar-refractivity contribution >= 4 is 5.91 Å². The maximum Gasteiger partial charge on any atom is 0.416 e. The molecule has 1 aromatic rings. The molecule has 0 heterocycles. The van der Waals surface area contributed by atoms with E-state index in [1.807, 2.05) is 0 Å². The number of nitrogens with two attached hydrogens (primary N) is 1. The van der Waals surface area contributed by atoms with Crippen molar-refractivity contribution in [2.75, 3.05) is 13.7 Å². The number of carbonyl (C=O) groups is 1. The molecular weight excluding hydrogens is 297 g/mol. The van der Waals surface area contributed by atoms with E-state index in [4.69, 9.17) is 10.5 Å². The Hall–Kier alpha value is -1.60. The van der Waals surface area contributed by atoms with Gasteiger partial charge >= 0.3 is 6.18 Å². The van der Waals surface area contributed by atoms with Crippen molar-refractivity contribution in [3.63, 3.8) is 0 Å². The molecule has 0 saturated heterocycles. The number of methoxy groups -OCH3 is 1. The first kappa shape index (κ1) is 16.8. The van der Waals surface area contributed by atoms with Crippen LogP contribution >= 0.6 is 0 Å². The Balaban J connectivity index is 2.22. The minimum Gasteiger partial charge on any atom is -0.383 e. The molecule has 1 fully saturated rings. The molecule has 1 aromatic carbocycles. The lowest BCUT2D eigenvalue weighted by molar-refractivity contribution is -0.137. The fourth-order valence-corrected chi connectivity index (χ4v) is 2.59. The molecule has 0 spiro atoms. The van der Waals surface area contributed by atoms with Crippen LogP contribution in [0.25, 0.3) is 0 Å². The van der Waals surface area contributed by atoms with Crippen molar-refractivity contribution in [1.29, 1.82) is 0 Å². The van der Waals surface area contributed by atoms with Crippen molar-refractivity contribution in [1.82, 2.24) is 5.32 Å². The van der Waals surface area contributed by atoms with E-state index in [9.17, 15) is 18.0 Å². The lowest BCUT2D eigenvalue weighted by Crippen LogP contribution is -2.56. The molecule has 0 bridgehead atoms. The van der Waals surface area contributed by atoms with Gasteiger partial charge in [0.25, 0.3) is 0 Å². The lowest BCUT2D eigenvalue weighted by Gasteiger charge is -2.43. The van der Waals surface area contributed by atoms with Gasteiger partial charge in [0.05, 0.1) is 17.7 Å². The van der Waals surface area contributed by atoms with Crippen LogP contribution in [-0.2, 0) is 21.2 Å². The number of hydrogen-bond acceptors (Lipinski definition) is 3. The average molecular weight is 316 g/mol. The highest BCUT2D eigenvalue weighted by Gasteiger charge is 2.42. The maximum absolute atomic E-state index is 12.8. The van der Waals surface area contributed by atoms with Crippen LogP contribution in [0.3, 0.4) is 0 Å². The van der Waals surface area contributed by atoms with Gasteiger partial charge in [0.1, 0.15) is 6.04 Å². The molecule has 2 rings (SSSR count). The summed E-state index contributed by atoms with van der Waals surface area (Å²) in [4.78, 5) is 12.1. The van der Waals surface area contributed by atoms with E-state index in [-0.39, 0.29) is 6.61 Å². The van der Waals surface area contributed by atoms with Gasteiger partial charge in [-0.15, -0.1) is 0 Å². The van der Waals surface area contributed by atoms with E-state index in [2.05, 4.69) is 5.32 Å². The summed E-state index contributed by atoms with van der Waals surface area (Å²) < 4.78 is 43.4. The molecule has 1 amide bonds. The van der Waals surface area contributed by atoms with Crippen LogP contribution in [0.4, 0.5) is 13.2 Å². The third-order valence-corrected chi connectivity index (χ3v) is 4.00. The Bertz CT molecular complexity index is 542. The Morgan fingerprint density at radius 3 is 2.64 bits per heavy atom. The molecule has 1 unspecified atom stereocenters. The van der Waals surface area contributed by atoms with Crippen LogP contribution in [0.15, 0.2) is 24.3 Å². The van der Waals surface area contributed by atoms with Gasteiger partial charge < -0.3 is 15.8 Å². The number of ether oxygens (including phenoxy) is 1. The zero-order chi connectivity index (χ0) is 16.4. The summed E-state index contributed by atoms with van der Waals surface area (Å²) >= 11 is 0. The van der Waals surface area contributed by atoms with Crippen molar-refractivity contribution < 1.29 is 22.7 Å². The third-order valence-electron chi connectivity index (χ3n) is 4.00. The SMILES string of the molecule is COCC(N)C(=O)NC1(c2cccc(C(F)(F)F)c2)CCC1. The zero-order valence-corrected chi connectivity index (χ0v) is 12.2. The van der Waals surface area contributed by atoms with Gasteiger partial charge in [0.15, 0.2) is 0 Å². The van der Waals surface area contributed by atoms with Crippen molar-refractivity contribution in [2.24, 2.45) is 5.73 Å². The molecule has 1 aliphatic carbocycles. The van der Waals surface area contributed by atoms with Crippen molar-refractivity contribution in [3.8, 4) is 0 Å². The molecule has 4 nitrogen and oxygen atoms in total. The first-order valence-electron chi connectivity index (χ1n) is 7.03. The highest BCUT2D eigenvalue weighted by Crippen LogP contribution is 2.42. The molecule has 0 aliphatic heterocycles. The Morgan fingerprint density at radius 2 is 2.14 bits per heavy atom. The van der Waals surface area contributed by atoms with Crippen LogP contribution in [0.1, 0.15) is 30.4 Å². The fourth-order valence-electron chi connectivity index (χ4n) is 2.59. The Kier molecular flexibility index (Phi) is 4.77. The van der Waals surface area contributed by atoms with E-state index < -0.39 is 29.2 Å².